The Morgan fingerprint density at radius 2 is 1.79 bits per heavy atom. The Hall–Kier alpha value is -2.34. The first kappa shape index (κ1) is 16.5. The molecule has 0 saturated carbocycles. The average Bonchev–Trinajstić information content (AvgIpc) is 2.57. The van der Waals surface area contributed by atoms with Gasteiger partial charge in [0.25, 0.3) is 0 Å². The van der Waals surface area contributed by atoms with E-state index in [1.807, 2.05) is 4.90 Å². The van der Waals surface area contributed by atoms with Gasteiger partial charge in [-0.3, -0.25) is 0 Å². The van der Waals surface area contributed by atoms with Gasteiger partial charge in [0.1, 0.15) is 5.82 Å². The minimum atomic E-state index is -0.233. The van der Waals surface area contributed by atoms with Gasteiger partial charge < -0.3 is 20.4 Å². The first-order chi connectivity index (χ1) is 11.5. The van der Waals surface area contributed by atoms with E-state index in [4.69, 9.17) is 12.2 Å². The highest BCUT2D eigenvalue weighted by molar-refractivity contribution is 7.80. The summed E-state index contributed by atoms with van der Waals surface area (Å²) in [6.45, 7) is 2.04. The van der Waals surface area contributed by atoms with Crippen molar-refractivity contribution < 1.29 is 14.6 Å². The molecule has 4 nitrogen and oxygen atoms in total. The summed E-state index contributed by atoms with van der Waals surface area (Å²) in [6, 6.07) is 9.66. The van der Waals surface area contributed by atoms with Gasteiger partial charge >= 0.3 is 0 Å². The summed E-state index contributed by atoms with van der Waals surface area (Å²) in [4.78, 5) is 2.04. The van der Waals surface area contributed by atoms with E-state index in [1.165, 1.54) is 12.1 Å². The minimum Gasteiger partial charge on any atom is -0.504 e. The van der Waals surface area contributed by atoms with E-state index in [-0.39, 0.29) is 17.3 Å². The number of phenols is 2. The standard InChI is InChI=1S/C18H19FN2O2S/c19-15-3-1-12(2-4-15)5-7-20-18(24)21-8-6-13-9-16(22)17(23)10-14(13)11-21/h1-4,9-10,22-23H,5-8,11H2,(H,20,24). The van der Waals surface area contributed by atoms with Crippen molar-refractivity contribution >= 4 is 17.3 Å². The molecule has 126 valence electrons. The number of hydrogen-bond acceptors (Lipinski definition) is 3. The largest absolute Gasteiger partial charge is 0.504 e. The van der Waals surface area contributed by atoms with Gasteiger partial charge in [0, 0.05) is 19.6 Å². The first-order valence-corrected chi connectivity index (χ1v) is 8.24. The Labute approximate surface area is 145 Å². The molecule has 2 aromatic rings. The maximum atomic E-state index is 12.9. The summed E-state index contributed by atoms with van der Waals surface area (Å²) in [5.74, 6) is -0.420. The van der Waals surface area contributed by atoms with Crippen molar-refractivity contribution in [2.75, 3.05) is 13.1 Å². The van der Waals surface area contributed by atoms with E-state index in [2.05, 4.69) is 5.32 Å². The lowest BCUT2D eigenvalue weighted by Crippen LogP contribution is -2.43. The maximum absolute atomic E-state index is 12.9. The van der Waals surface area contributed by atoms with Crippen LogP contribution in [0.2, 0.25) is 0 Å². The fourth-order valence-electron chi connectivity index (χ4n) is 2.83. The van der Waals surface area contributed by atoms with E-state index in [9.17, 15) is 14.6 Å². The Bertz CT molecular complexity index is 749. The summed E-state index contributed by atoms with van der Waals surface area (Å²) < 4.78 is 12.9. The number of nitrogens with zero attached hydrogens (tertiary/aromatic N) is 1. The number of rotatable bonds is 3. The summed E-state index contributed by atoms with van der Waals surface area (Å²) in [5, 5.41) is 23.1. The molecule has 0 atom stereocenters. The molecule has 0 aromatic heterocycles. The molecule has 0 spiro atoms. The predicted octanol–water partition coefficient (Wildman–Crippen LogP) is 2.71. The number of fused-ring (bicyclic) bond motifs is 1. The molecule has 3 rings (SSSR count). The normalized spacial score (nSPS) is 13.5. The molecule has 1 aliphatic heterocycles. The number of hydrogen-bond donors (Lipinski definition) is 3. The highest BCUT2D eigenvalue weighted by Gasteiger charge is 2.20. The van der Waals surface area contributed by atoms with E-state index < -0.39 is 0 Å². The SMILES string of the molecule is Oc1cc2c(cc1O)CN(C(=S)NCCc1ccc(F)cc1)CC2. The zero-order chi connectivity index (χ0) is 17.1. The first-order valence-electron chi connectivity index (χ1n) is 7.84. The Morgan fingerprint density at radius 3 is 2.50 bits per heavy atom. The Kier molecular flexibility index (Phi) is 4.85. The molecule has 0 bridgehead atoms. The molecule has 0 saturated heterocycles. The molecule has 6 heteroatoms. The quantitative estimate of drug-likeness (QED) is 0.589. The second kappa shape index (κ2) is 7.05. The van der Waals surface area contributed by atoms with Crippen LogP contribution in [0.1, 0.15) is 16.7 Å². The molecular weight excluding hydrogens is 327 g/mol. The van der Waals surface area contributed by atoms with Gasteiger partial charge in [-0.25, -0.2) is 4.39 Å². The average molecular weight is 346 g/mol. The number of nitrogens with one attached hydrogen (secondary N) is 1. The summed E-state index contributed by atoms with van der Waals surface area (Å²) >= 11 is 5.44. The smallest absolute Gasteiger partial charge is 0.169 e. The van der Waals surface area contributed by atoms with Gasteiger partial charge in [0.15, 0.2) is 16.6 Å². The van der Waals surface area contributed by atoms with Crippen LogP contribution in [0, 0.1) is 5.82 Å². The number of phenolic OH excluding ortho intramolecular Hbond substituents is 2. The molecule has 0 radical (unpaired) electrons. The van der Waals surface area contributed by atoms with Crippen LogP contribution in [0.5, 0.6) is 11.5 Å². The highest BCUT2D eigenvalue weighted by atomic mass is 32.1. The minimum absolute atomic E-state index is 0.0813. The van der Waals surface area contributed by atoms with E-state index in [1.54, 1.807) is 24.3 Å². The van der Waals surface area contributed by atoms with Crippen molar-refractivity contribution in [3.05, 3.63) is 58.9 Å². The molecule has 0 amide bonds. The third-order valence-corrected chi connectivity index (χ3v) is 4.60. The van der Waals surface area contributed by atoms with Crippen LogP contribution in [-0.2, 0) is 19.4 Å². The predicted molar refractivity (Wildman–Crippen MR) is 94.6 cm³/mol. The third-order valence-electron chi connectivity index (χ3n) is 4.20. The summed E-state index contributed by atoms with van der Waals surface area (Å²) in [6.07, 6.45) is 1.53. The number of benzene rings is 2. The zero-order valence-electron chi connectivity index (χ0n) is 13.1. The van der Waals surface area contributed by atoms with E-state index in [0.717, 1.165) is 36.1 Å². The topological polar surface area (TPSA) is 55.7 Å². The van der Waals surface area contributed by atoms with Gasteiger partial charge in [-0.05, 0) is 66.0 Å². The summed E-state index contributed by atoms with van der Waals surface area (Å²) in [5.41, 5.74) is 3.06. The molecule has 0 fully saturated rings. The fourth-order valence-corrected chi connectivity index (χ4v) is 3.09. The lowest BCUT2D eigenvalue weighted by atomic mass is 9.99. The molecule has 3 N–H and O–H groups in total. The van der Waals surface area contributed by atoms with Crippen LogP contribution < -0.4 is 5.32 Å². The monoisotopic (exact) mass is 346 g/mol. The molecule has 1 heterocycles. The van der Waals surface area contributed by atoms with Crippen molar-refractivity contribution in [2.24, 2.45) is 0 Å². The fraction of sp³-hybridized carbons (Fsp3) is 0.278. The Balaban J connectivity index is 1.54. The highest BCUT2D eigenvalue weighted by Crippen LogP contribution is 2.31. The second-order valence-electron chi connectivity index (χ2n) is 5.89. The van der Waals surface area contributed by atoms with Crippen LogP contribution in [0.25, 0.3) is 0 Å². The van der Waals surface area contributed by atoms with Gasteiger partial charge in [-0.2, -0.15) is 0 Å². The van der Waals surface area contributed by atoms with Crippen LogP contribution in [0.3, 0.4) is 0 Å². The van der Waals surface area contributed by atoms with Crippen molar-refractivity contribution in [3.8, 4) is 11.5 Å². The second-order valence-corrected chi connectivity index (χ2v) is 6.28. The van der Waals surface area contributed by atoms with Crippen LogP contribution in [0.15, 0.2) is 36.4 Å². The number of thiocarbonyl (C=S) groups is 1. The van der Waals surface area contributed by atoms with Crippen molar-refractivity contribution in [1.82, 2.24) is 10.2 Å². The van der Waals surface area contributed by atoms with Crippen molar-refractivity contribution in [1.29, 1.82) is 0 Å². The molecule has 0 unspecified atom stereocenters. The van der Waals surface area contributed by atoms with Crippen LogP contribution in [-0.4, -0.2) is 33.3 Å². The third kappa shape index (κ3) is 3.76. The maximum Gasteiger partial charge on any atom is 0.169 e. The van der Waals surface area contributed by atoms with E-state index >= 15 is 0 Å². The van der Waals surface area contributed by atoms with Gasteiger partial charge in [0.05, 0.1) is 0 Å². The van der Waals surface area contributed by atoms with Crippen LogP contribution in [0.4, 0.5) is 4.39 Å². The van der Waals surface area contributed by atoms with E-state index in [0.29, 0.717) is 18.2 Å². The molecular formula is C18H19FN2O2S. The van der Waals surface area contributed by atoms with Gasteiger partial charge in [-0.1, -0.05) is 12.1 Å². The molecule has 1 aliphatic rings. The lowest BCUT2D eigenvalue weighted by Gasteiger charge is -2.31. The van der Waals surface area contributed by atoms with Crippen LogP contribution >= 0.6 is 12.2 Å². The number of aromatic hydroxyl groups is 2. The molecule has 0 aliphatic carbocycles. The molecule has 24 heavy (non-hydrogen) atoms. The molecule has 2 aromatic carbocycles. The van der Waals surface area contributed by atoms with Gasteiger partial charge in [-0.15, -0.1) is 0 Å². The number of halogens is 1. The Morgan fingerprint density at radius 1 is 1.12 bits per heavy atom. The zero-order valence-corrected chi connectivity index (χ0v) is 13.9. The van der Waals surface area contributed by atoms with Crippen molar-refractivity contribution in [3.63, 3.8) is 0 Å². The van der Waals surface area contributed by atoms with Crippen molar-refractivity contribution in [2.45, 2.75) is 19.4 Å². The summed E-state index contributed by atoms with van der Waals surface area (Å²) in [7, 11) is 0. The van der Waals surface area contributed by atoms with Gasteiger partial charge in [0.2, 0.25) is 0 Å². The lowest BCUT2D eigenvalue weighted by molar-refractivity contribution is 0.375.